The summed E-state index contributed by atoms with van der Waals surface area (Å²) in [5.74, 6) is -0.0185. The number of nitrogens with two attached hydrogens (primary N) is 2. The number of likely N-dealkylation sites (tertiary alicyclic amines) is 1. The number of anilines is 2. The van der Waals surface area contributed by atoms with Gasteiger partial charge in [-0.3, -0.25) is 14.4 Å². The Bertz CT molecular complexity index is 1810. The highest BCUT2D eigenvalue weighted by atomic mass is 35.5. The second-order valence-corrected chi connectivity index (χ2v) is 22.7. The molecule has 1 aliphatic heterocycles. The molecule has 2 aromatic carbocycles. The Hall–Kier alpha value is -4.16. The number of nitrogens with one attached hydrogen (secondary N) is 3. The van der Waals surface area contributed by atoms with Crippen LogP contribution in [0.4, 0.5) is 11.6 Å². The zero-order valence-electron chi connectivity index (χ0n) is 32.7. The van der Waals surface area contributed by atoms with E-state index in [2.05, 4.69) is 25.9 Å². The van der Waals surface area contributed by atoms with E-state index in [-0.39, 0.29) is 66.1 Å². The lowest BCUT2D eigenvalue weighted by Gasteiger charge is -2.45. The van der Waals surface area contributed by atoms with E-state index >= 15 is 0 Å². The third-order valence-electron chi connectivity index (χ3n) is 9.34. The van der Waals surface area contributed by atoms with Crippen LogP contribution in [-0.2, 0) is 31.6 Å². The number of carbonyl (C=O) groups is 3. The van der Waals surface area contributed by atoms with E-state index in [1.54, 1.807) is 26.7 Å². The number of nitrogen functional groups attached to an aromatic ring is 2. The van der Waals surface area contributed by atoms with Gasteiger partial charge in [-0.15, -0.1) is 0 Å². The van der Waals surface area contributed by atoms with Gasteiger partial charge in [0.25, 0.3) is 17.7 Å². The summed E-state index contributed by atoms with van der Waals surface area (Å²) >= 11 is 6.06. The number of ether oxygens (including phenoxy) is 2. The molecule has 7 N–H and O–H groups in total. The highest BCUT2D eigenvalue weighted by Crippen LogP contribution is 2.34. The molecule has 1 saturated heterocycles. The van der Waals surface area contributed by atoms with Crippen LogP contribution in [0.5, 0.6) is 11.5 Å². The molecular weight excluding hydrogens is 778 g/mol. The van der Waals surface area contributed by atoms with Gasteiger partial charge in [0.15, 0.2) is 35.7 Å². The molecule has 2 heterocycles. The Kier molecular flexibility index (Phi) is 16.2. The number of aryl methyl sites for hydroxylation is 2. The van der Waals surface area contributed by atoms with Crippen molar-refractivity contribution >= 4 is 55.2 Å². The maximum absolute atomic E-state index is 13.3. The number of hydrogen-bond acceptors (Lipinski definition) is 11. The van der Waals surface area contributed by atoms with Gasteiger partial charge >= 0.3 is 0 Å². The highest BCUT2D eigenvalue weighted by molar-refractivity contribution is 7.62. The number of nitrogens with zero attached hydrogens (tertiary/aromatic N) is 3. The molecule has 1 atom stereocenters. The normalized spacial score (nSPS) is 15.4. The van der Waals surface area contributed by atoms with E-state index in [9.17, 15) is 23.5 Å². The predicted molar refractivity (Wildman–Crippen MR) is 222 cm³/mol. The molecule has 3 aromatic rings. The van der Waals surface area contributed by atoms with Crippen LogP contribution in [0.1, 0.15) is 47.3 Å². The Morgan fingerprint density at radius 3 is 1.73 bits per heavy atom. The van der Waals surface area contributed by atoms with Gasteiger partial charge < -0.3 is 50.5 Å². The van der Waals surface area contributed by atoms with E-state index in [4.69, 9.17) is 32.5 Å². The first-order valence-electron chi connectivity index (χ1n) is 18.7. The van der Waals surface area contributed by atoms with Gasteiger partial charge in [-0.2, -0.15) is 0 Å². The van der Waals surface area contributed by atoms with Crippen LogP contribution in [0.2, 0.25) is 5.15 Å². The molecule has 0 aliphatic carbocycles. The van der Waals surface area contributed by atoms with Crippen LogP contribution in [0.3, 0.4) is 0 Å². The number of quaternary nitrogens is 1. The molecule has 0 bridgehead atoms. The van der Waals surface area contributed by atoms with Crippen LogP contribution < -0.4 is 36.9 Å². The smallest absolute Gasteiger partial charge is 0.274 e. The molecule has 0 saturated carbocycles. The van der Waals surface area contributed by atoms with E-state index in [1.165, 1.54) is 0 Å². The highest BCUT2D eigenvalue weighted by Gasteiger charge is 2.35. The molecular formula is C38H56ClN8O7P2+. The minimum Gasteiger partial charge on any atom is -0.484 e. The van der Waals surface area contributed by atoms with Gasteiger partial charge in [0.2, 0.25) is 0 Å². The summed E-state index contributed by atoms with van der Waals surface area (Å²) in [5.41, 5.74) is 13.9. The lowest BCUT2D eigenvalue weighted by molar-refractivity contribution is -0.933. The summed E-state index contributed by atoms with van der Waals surface area (Å²) in [7, 11) is -4.71. The Labute approximate surface area is 334 Å². The first kappa shape index (κ1) is 44.6. The number of hydrogen-bond donors (Lipinski definition) is 5. The Balaban J connectivity index is 1.35. The SMILES string of the molecule is CP(C)(=O)CNC(=O)COc1ccc(CCC[N+]2(CCCc3ccc(OCC(=O)NCP(C)(C)=O)cc3)CCCC(NC(=O)c3nc(Cl)c(N)nc3N)C2)cc1. The minimum atomic E-state index is -2.35. The van der Waals surface area contributed by atoms with Gasteiger partial charge in [-0.05, 0) is 87.7 Å². The van der Waals surface area contributed by atoms with Crippen molar-refractivity contribution in [3.05, 3.63) is 70.5 Å². The molecule has 56 heavy (non-hydrogen) atoms. The molecule has 0 spiro atoms. The van der Waals surface area contributed by atoms with Crippen LogP contribution in [0.15, 0.2) is 48.5 Å². The predicted octanol–water partition coefficient (Wildman–Crippen LogP) is 4.42. The van der Waals surface area contributed by atoms with E-state index in [1.807, 2.05) is 48.5 Å². The van der Waals surface area contributed by atoms with Gasteiger partial charge in [-0.1, -0.05) is 35.9 Å². The number of halogens is 1. The number of aromatic nitrogens is 2. The summed E-state index contributed by atoms with van der Waals surface area (Å²) in [6, 6.07) is 15.3. The average molecular weight is 834 g/mol. The molecule has 306 valence electrons. The van der Waals surface area contributed by atoms with Crippen LogP contribution >= 0.6 is 25.9 Å². The second-order valence-electron chi connectivity index (χ2n) is 15.4. The quantitative estimate of drug-likeness (QED) is 0.0793. The summed E-state index contributed by atoms with van der Waals surface area (Å²) in [6.07, 6.45) is 5.52. The molecule has 4 rings (SSSR count). The summed E-state index contributed by atoms with van der Waals surface area (Å²) in [4.78, 5) is 45.5. The monoisotopic (exact) mass is 833 g/mol. The number of rotatable bonds is 20. The second kappa shape index (κ2) is 20.3. The fraction of sp³-hybridized carbons (Fsp3) is 0.500. The molecule has 1 aromatic heterocycles. The fourth-order valence-electron chi connectivity index (χ4n) is 6.52. The maximum atomic E-state index is 13.3. The first-order chi connectivity index (χ1) is 26.4. The lowest BCUT2D eigenvalue weighted by atomic mass is 9.99. The number of amides is 3. The van der Waals surface area contributed by atoms with Crippen molar-refractivity contribution in [1.82, 2.24) is 25.9 Å². The van der Waals surface area contributed by atoms with E-state index in [0.29, 0.717) is 11.5 Å². The zero-order valence-corrected chi connectivity index (χ0v) is 35.3. The third-order valence-corrected chi connectivity index (χ3v) is 11.5. The standard InChI is InChI=1S/C38H55ClN8O7P2/c1-55(2,51)25-42-32(48)23-53-30-15-11-27(12-16-30)8-5-19-47(21-7-10-29(22-47)44-38(50)34-36(40)46-37(41)35(39)45-34)20-6-9-28-13-17-31(18-14-28)54-24-33(49)43-26-56(3,4)52/h11-18,29H,5-10,19-26H2,1-4H3,(H6-,40,41,42,43,44,46,48,49,50)/p+1. The van der Waals surface area contributed by atoms with Crippen molar-refractivity contribution in [2.45, 2.75) is 44.6 Å². The fourth-order valence-corrected chi connectivity index (χ4v) is 7.76. The van der Waals surface area contributed by atoms with Crippen LogP contribution in [-0.4, -0.2) is 117 Å². The van der Waals surface area contributed by atoms with Crippen molar-refractivity contribution in [1.29, 1.82) is 0 Å². The van der Waals surface area contributed by atoms with Crippen molar-refractivity contribution < 1.29 is 37.5 Å². The molecule has 1 aliphatic rings. The molecule has 3 amide bonds. The molecule has 15 nitrogen and oxygen atoms in total. The van der Waals surface area contributed by atoms with Crippen molar-refractivity contribution in [2.75, 3.05) is 90.1 Å². The van der Waals surface area contributed by atoms with E-state index < -0.39 is 20.2 Å². The Morgan fingerprint density at radius 2 is 1.27 bits per heavy atom. The summed E-state index contributed by atoms with van der Waals surface area (Å²) < 4.78 is 35.8. The van der Waals surface area contributed by atoms with Crippen LogP contribution in [0.25, 0.3) is 0 Å². The van der Waals surface area contributed by atoms with Crippen molar-refractivity contribution in [3.8, 4) is 11.5 Å². The average Bonchev–Trinajstić information content (AvgIpc) is 3.13. The third kappa shape index (κ3) is 15.4. The summed E-state index contributed by atoms with van der Waals surface area (Å²) in [5, 5.41) is 8.33. The zero-order chi connectivity index (χ0) is 40.9. The van der Waals surface area contributed by atoms with E-state index in [0.717, 1.165) is 80.3 Å². The largest absolute Gasteiger partial charge is 0.484 e. The molecule has 1 fully saturated rings. The minimum absolute atomic E-state index is 0.0343. The van der Waals surface area contributed by atoms with Gasteiger partial charge in [0.05, 0.1) is 59.1 Å². The van der Waals surface area contributed by atoms with Gasteiger partial charge in [-0.25, -0.2) is 9.97 Å². The van der Waals surface area contributed by atoms with Gasteiger partial charge in [0.1, 0.15) is 11.5 Å². The molecule has 18 heteroatoms. The van der Waals surface area contributed by atoms with Crippen molar-refractivity contribution in [2.24, 2.45) is 0 Å². The number of carbonyl (C=O) groups excluding carboxylic acids is 3. The number of benzene rings is 2. The summed E-state index contributed by atoms with van der Waals surface area (Å²) in [6.45, 7) is 9.70. The maximum Gasteiger partial charge on any atom is 0.274 e. The van der Waals surface area contributed by atoms with Crippen molar-refractivity contribution in [3.63, 3.8) is 0 Å². The topological polar surface area (TPSA) is 218 Å². The Morgan fingerprint density at radius 1 is 0.786 bits per heavy atom. The first-order valence-corrected chi connectivity index (χ1v) is 24.6. The molecule has 1 unspecified atom stereocenters. The lowest BCUT2D eigenvalue weighted by Crippen LogP contribution is -2.60. The van der Waals surface area contributed by atoms with Crippen LogP contribution in [0, 0.1) is 0 Å². The molecule has 0 radical (unpaired) electrons. The number of piperidine rings is 1. The van der Waals surface area contributed by atoms with Gasteiger partial charge in [0, 0.05) is 12.8 Å².